The Labute approximate surface area is 132 Å². The molecule has 0 radical (unpaired) electrons. The Bertz CT molecular complexity index is 687. The molecule has 0 atom stereocenters. The summed E-state index contributed by atoms with van der Waals surface area (Å²) in [5.74, 6) is 1.78. The zero-order valence-corrected chi connectivity index (χ0v) is 13.0. The molecule has 106 valence electrons. The molecule has 3 aromatic rings. The molecule has 0 saturated carbocycles. The highest BCUT2D eigenvalue weighted by atomic mass is 32.2. The molecular formula is C16H15N3S2. The van der Waals surface area contributed by atoms with E-state index in [-0.39, 0.29) is 0 Å². The smallest absolute Gasteiger partial charge is 0.208 e. The first kappa shape index (κ1) is 14.1. The lowest BCUT2D eigenvalue weighted by atomic mass is 10.2. The number of aryl methyl sites for hydroxylation is 1. The summed E-state index contributed by atoms with van der Waals surface area (Å²) in [4.78, 5) is 5.67. The maximum absolute atomic E-state index is 4.45. The monoisotopic (exact) mass is 313 g/mol. The Balaban J connectivity index is 1.51. The highest BCUT2D eigenvalue weighted by Crippen LogP contribution is 2.16. The predicted octanol–water partition coefficient (Wildman–Crippen LogP) is 4.37. The summed E-state index contributed by atoms with van der Waals surface area (Å²) < 4.78 is 0. The SMILES string of the molecule is C(=C\c1cccs1)/c1nc(SCCc2ccccc2)n[nH]1. The lowest BCUT2D eigenvalue weighted by Crippen LogP contribution is -1.88. The van der Waals surface area contributed by atoms with Crippen LogP contribution in [-0.4, -0.2) is 20.9 Å². The van der Waals surface area contributed by atoms with Crippen LogP contribution in [0.4, 0.5) is 0 Å². The number of benzene rings is 1. The molecule has 0 fully saturated rings. The number of thiophene rings is 1. The number of H-pyrrole nitrogens is 1. The van der Waals surface area contributed by atoms with Crippen molar-refractivity contribution in [1.29, 1.82) is 0 Å². The second-order valence-corrected chi connectivity index (χ2v) is 6.48. The van der Waals surface area contributed by atoms with E-state index in [1.807, 2.05) is 24.3 Å². The maximum atomic E-state index is 4.45. The van der Waals surface area contributed by atoms with Crippen molar-refractivity contribution in [2.75, 3.05) is 5.75 Å². The van der Waals surface area contributed by atoms with Crippen molar-refractivity contribution in [2.24, 2.45) is 0 Å². The van der Waals surface area contributed by atoms with Crippen LogP contribution in [0, 0.1) is 0 Å². The molecule has 0 aliphatic carbocycles. The van der Waals surface area contributed by atoms with Gasteiger partial charge in [0, 0.05) is 10.6 Å². The van der Waals surface area contributed by atoms with Gasteiger partial charge in [-0.3, -0.25) is 5.10 Å². The number of aromatic nitrogens is 3. The van der Waals surface area contributed by atoms with Gasteiger partial charge < -0.3 is 0 Å². The minimum atomic E-state index is 0.797. The van der Waals surface area contributed by atoms with Crippen LogP contribution in [0.3, 0.4) is 0 Å². The van der Waals surface area contributed by atoms with Gasteiger partial charge in [0.25, 0.3) is 0 Å². The molecule has 0 aliphatic heterocycles. The fourth-order valence-electron chi connectivity index (χ4n) is 1.85. The van der Waals surface area contributed by atoms with Gasteiger partial charge in [0.15, 0.2) is 0 Å². The predicted molar refractivity (Wildman–Crippen MR) is 90.5 cm³/mol. The van der Waals surface area contributed by atoms with Crippen LogP contribution in [0.2, 0.25) is 0 Å². The van der Waals surface area contributed by atoms with Crippen LogP contribution in [0.15, 0.2) is 53.0 Å². The van der Waals surface area contributed by atoms with E-state index < -0.39 is 0 Å². The normalized spacial score (nSPS) is 11.2. The number of nitrogens with zero attached hydrogens (tertiary/aromatic N) is 2. The van der Waals surface area contributed by atoms with Crippen molar-refractivity contribution in [3.63, 3.8) is 0 Å². The zero-order chi connectivity index (χ0) is 14.3. The van der Waals surface area contributed by atoms with Crippen LogP contribution in [0.25, 0.3) is 12.2 Å². The molecule has 0 bridgehead atoms. The third kappa shape index (κ3) is 4.31. The second-order valence-electron chi connectivity index (χ2n) is 4.44. The second kappa shape index (κ2) is 7.24. The maximum Gasteiger partial charge on any atom is 0.208 e. The van der Waals surface area contributed by atoms with Crippen molar-refractivity contribution in [1.82, 2.24) is 15.2 Å². The number of hydrogen-bond acceptors (Lipinski definition) is 4. The van der Waals surface area contributed by atoms with E-state index >= 15 is 0 Å². The van der Waals surface area contributed by atoms with Crippen LogP contribution in [-0.2, 0) is 6.42 Å². The summed E-state index contributed by atoms with van der Waals surface area (Å²) >= 11 is 3.38. The van der Waals surface area contributed by atoms with E-state index in [1.54, 1.807) is 23.1 Å². The van der Waals surface area contributed by atoms with Gasteiger partial charge in [-0.2, -0.15) is 0 Å². The molecule has 1 aromatic carbocycles. The Morgan fingerprint density at radius 2 is 2.00 bits per heavy atom. The van der Waals surface area contributed by atoms with Crippen molar-refractivity contribution < 1.29 is 0 Å². The summed E-state index contributed by atoms with van der Waals surface area (Å²) in [6.45, 7) is 0. The molecule has 0 amide bonds. The molecule has 21 heavy (non-hydrogen) atoms. The van der Waals surface area contributed by atoms with Crippen LogP contribution in [0.1, 0.15) is 16.3 Å². The Hall–Kier alpha value is -1.85. The molecule has 1 N–H and O–H groups in total. The number of rotatable bonds is 6. The molecule has 0 saturated heterocycles. The molecule has 3 rings (SSSR count). The van der Waals surface area contributed by atoms with Crippen LogP contribution >= 0.6 is 23.1 Å². The van der Waals surface area contributed by atoms with Gasteiger partial charge in [0.1, 0.15) is 5.82 Å². The lowest BCUT2D eigenvalue weighted by Gasteiger charge is -1.98. The third-order valence-corrected chi connectivity index (χ3v) is 4.58. The first-order valence-electron chi connectivity index (χ1n) is 6.71. The summed E-state index contributed by atoms with van der Waals surface area (Å²) in [7, 11) is 0. The summed E-state index contributed by atoms with van der Waals surface area (Å²) in [5.41, 5.74) is 1.35. The van der Waals surface area contributed by atoms with E-state index in [4.69, 9.17) is 0 Å². The largest absolute Gasteiger partial charge is 0.259 e. The van der Waals surface area contributed by atoms with Crippen LogP contribution < -0.4 is 0 Å². The van der Waals surface area contributed by atoms with E-state index in [2.05, 4.69) is 50.9 Å². The van der Waals surface area contributed by atoms with E-state index in [0.29, 0.717) is 0 Å². The molecule has 2 heterocycles. The number of hydrogen-bond donors (Lipinski definition) is 1. The summed E-state index contributed by atoms with van der Waals surface area (Å²) in [5, 5.41) is 10.0. The average Bonchev–Trinajstić information content (AvgIpc) is 3.18. The zero-order valence-electron chi connectivity index (χ0n) is 11.4. The average molecular weight is 313 g/mol. The summed E-state index contributed by atoms with van der Waals surface area (Å²) in [6, 6.07) is 14.6. The molecular weight excluding hydrogens is 298 g/mol. The third-order valence-electron chi connectivity index (χ3n) is 2.90. The van der Waals surface area contributed by atoms with E-state index in [0.717, 1.165) is 23.2 Å². The Morgan fingerprint density at radius 1 is 1.10 bits per heavy atom. The lowest BCUT2D eigenvalue weighted by molar-refractivity contribution is 0.970. The minimum absolute atomic E-state index is 0.797. The summed E-state index contributed by atoms with van der Waals surface area (Å²) in [6.07, 6.45) is 5.03. The molecule has 0 unspecified atom stereocenters. The topological polar surface area (TPSA) is 41.6 Å². The van der Waals surface area contributed by atoms with E-state index in [9.17, 15) is 0 Å². The number of aromatic amines is 1. The van der Waals surface area contributed by atoms with Crippen molar-refractivity contribution in [3.05, 3.63) is 64.1 Å². The highest BCUT2D eigenvalue weighted by Gasteiger charge is 2.02. The highest BCUT2D eigenvalue weighted by molar-refractivity contribution is 7.99. The molecule has 0 aliphatic rings. The molecule has 5 heteroatoms. The Morgan fingerprint density at radius 3 is 2.81 bits per heavy atom. The van der Waals surface area contributed by atoms with E-state index in [1.165, 1.54) is 10.4 Å². The van der Waals surface area contributed by atoms with Gasteiger partial charge in [0.2, 0.25) is 5.16 Å². The Kier molecular flexibility index (Phi) is 4.86. The first-order chi connectivity index (χ1) is 10.4. The quantitative estimate of drug-likeness (QED) is 0.687. The minimum Gasteiger partial charge on any atom is -0.259 e. The van der Waals surface area contributed by atoms with Gasteiger partial charge in [-0.15, -0.1) is 16.4 Å². The van der Waals surface area contributed by atoms with Crippen LogP contribution in [0.5, 0.6) is 0 Å². The van der Waals surface area contributed by atoms with Crippen molar-refractivity contribution in [2.45, 2.75) is 11.6 Å². The van der Waals surface area contributed by atoms with Gasteiger partial charge in [-0.25, -0.2) is 4.98 Å². The number of nitrogens with one attached hydrogen (secondary N) is 1. The standard InChI is InChI=1S/C16H15N3S2/c1-2-5-13(6-3-1)10-12-21-16-17-15(18-19-16)9-8-14-7-4-11-20-14/h1-9,11H,10,12H2,(H,17,18,19)/b9-8+. The van der Waals surface area contributed by atoms with Gasteiger partial charge in [0.05, 0.1) is 0 Å². The fraction of sp³-hybridized carbons (Fsp3) is 0.125. The van der Waals surface area contributed by atoms with Gasteiger partial charge >= 0.3 is 0 Å². The first-order valence-corrected chi connectivity index (χ1v) is 8.57. The van der Waals surface area contributed by atoms with Crippen molar-refractivity contribution >= 4 is 35.3 Å². The molecule has 2 aromatic heterocycles. The van der Waals surface area contributed by atoms with Gasteiger partial charge in [-0.05, 0) is 35.6 Å². The molecule has 3 nitrogen and oxygen atoms in total. The fourth-order valence-corrected chi connectivity index (χ4v) is 3.26. The molecule has 0 spiro atoms. The van der Waals surface area contributed by atoms with Crippen molar-refractivity contribution in [3.8, 4) is 0 Å². The van der Waals surface area contributed by atoms with Gasteiger partial charge in [-0.1, -0.05) is 48.2 Å². The number of thioether (sulfide) groups is 1.